The fourth-order valence-electron chi connectivity index (χ4n) is 4.02. The summed E-state index contributed by atoms with van der Waals surface area (Å²) in [4.78, 5) is 29.5. The van der Waals surface area contributed by atoms with Gasteiger partial charge in [-0.05, 0) is 85.4 Å². The number of aryl methyl sites for hydroxylation is 2. The summed E-state index contributed by atoms with van der Waals surface area (Å²) in [7, 11) is 0. The van der Waals surface area contributed by atoms with Crippen molar-refractivity contribution >= 4 is 46.6 Å². The van der Waals surface area contributed by atoms with Crippen LogP contribution in [0.25, 0.3) is 6.08 Å². The summed E-state index contributed by atoms with van der Waals surface area (Å²) in [5, 5.41) is 2.75. The Bertz CT molecular complexity index is 1040. The molecule has 154 valence electrons. The van der Waals surface area contributed by atoms with Gasteiger partial charge in [0.15, 0.2) is 5.11 Å². The Balaban J connectivity index is 1.64. The highest BCUT2D eigenvalue weighted by atomic mass is 32.1. The molecule has 1 N–H and O–H groups in total. The van der Waals surface area contributed by atoms with Crippen LogP contribution in [0.5, 0.6) is 0 Å². The zero-order valence-electron chi connectivity index (χ0n) is 17.3. The normalized spacial score (nSPS) is 18.3. The van der Waals surface area contributed by atoms with Crippen LogP contribution in [0.15, 0.2) is 48.0 Å². The van der Waals surface area contributed by atoms with Crippen molar-refractivity contribution in [1.29, 1.82) is 0 Å². The quantitative estimate of drug-likeness (QED) is 0.463. The molecular formula is C24H25N3O2S. The number of nitrogens with zero attached hydrogens (tertiary/aromatic N) is 2. The van der Waals surface area contributed by atoms with E-state index < -0.39 is 11.8 Å². The summed E-state index contributed by atoms with van der Waals surface area (Å²) < 4.78 is 0. The number of anilines is 2. The first-order chi connectivity index (χ1) is 14.5. The fraction of sp³-hybridized carbons (Fsp3) is 0.292. The topological polar surface area (TPSA) is 52.7 Å². The molecule has 5 nitrogen and oxygen atoms in total. The van der Waals surface area contributed by atoms with Crippen LogP contribution in [-0.4, -0.2) is 30.0 Å². The first-order valence-corrected chi connectivity index (χ1v) is 10.7. The average Bonchev–Trinajstić information content (AvgIpc) is 3.26. The molecule has 0 radical (unpaired) electrons. The van der Waals surface area contributed by atoms with E-state index in [1.54, 1.807) is 6.08 Å². The second kappa shape index (κ2) is 8.40. The van der Waals surface area contributed by atoms with E-state index in [2.05, 4.69) is 30.1 Å². The second-order valence-corrected chi connectivity index (χ2v) is 8.10. The zero-order valence-corrected chi connectivity index (χ0v) is 18.1. The van der Waals surface area contributed by atoms with E-state index in [4.69, 9.17) is 12.2 Å². The molecule has 2 aromatic rings. The van der Waals surface area contributed by atoms with Crippen molar-refractivity contribution in [3.05, 3.63) is 64.7 Å². The molecule has 0 aromatic heterocycles. The number of benzene rings is 2. The monoisotopic (exact) mass is 419 g/mol. The van der Waals surface area contributed by atoms with Gasteiger partial charge in [-0.2, -0.15) is 0 Å². The molecule has 2 fully saturated rings. The first-order valence-electron chi connectivity index (χ1n) is 10.3. The molecule has 0 aliphatic carbocycles. The summed E-state index contributed by atoms with van der Waals surface area (Å²) in [6.07, 6.45) is 4.99. The minimum Gasteiger partial charge on any atom is -0.371 e. The number of thiocarbonyl (C=S) groups is 1. The maximum absolute atomic E-state index is 13.2. The fourth-order valence-corrected chi connectivity index (χ4v) is 4.30. The highest BCUT2D eigenvalue weighted by Gasteiger charge is 2.34. The summed E-state index contributed by atoms with van der Waals surface area (Å²) >= 11 is 5.28. The van der Waals surface area contributed by atoms with Crippen molar-refractivity contribution in [2.45, 2.75) is 33.1 Å². The van der Waals surface area contributed by atoms with Gasteiger partial charge in [-0.3, -0.25) is 19.8 Å². The predicted octanol–water partition coefficient (Wildman–Crippen LogP) is 3.99. The van der Waals surface area contributed by atoms with E-state index in [1.807, 2.05) is 36.4 Å². The molecule has 6 heteroatoms. The van der Waals surface area contributed by atoms with Crippen LogP contribution in [0.4, 0.5) is 11.4 Å². The molecule has 2 aliphatic rings. The summed E-state index contributed by atoms with van der Waals surface area (Å²) in [5.74, 6) is -0.873. The van der Waals surface area contributed by atoms with Crippen molar-refractivity contribution in [1.82, 2.24) is 5.32 Å². The lowest BCUT2D eigenvalue weighted by Crippen LogP contribution is -2.54. The van der Waals surface area contributed by atoms with Crippen molar-refractivity contribution < 1.29 is 9.59 Å². The molecule has 2 heterocycles. The van der Waals surface area contributed by atoms with Gasteiger partial charge >= 0.3 is 0 Å². The Labute approximate surface area is 182 Å². The zero-order chi connectivity index (χ0) is 21.3. The molecule has 2 saturated heterocycles. The van der Waals surface area contributed by atoms with Gasteiger partial charge in [0, 0.05) is 18.8 Å². The Morgan fingerprint density at radius 2 is 1.77 bits per heavy atom. The standard InChI is InChI=1S/C24H25N3O2S/c1-3-17-6-9-19(10-7-17)27-23(29)20(22(28)25-24(27)30)15-18-8-11-21(16(2)14-18)26-12-4-5-13-26/h6-11,14-15H,3-5,12-13H2,1-2H3,(H,25,28,30)/b20-15-. The van der Waals surface area contributed by atoms with Crippen molar-refractivity contribution in [2.75, 3.05) is 22.9 Å². The highest BCUT2D eigenvalue weighted by molar-refractivity contribution is 7.80. The number of rotatable bonds is 4. The van der Waals surface area contributed by atoms with Crippen LogP contribution in [0.3, 0.4) is 0 Å². The number of nitrogens with one attached hydrogen (secondary N) is 1. The minimum atomic E-state index is -0.465. The van der Waals surface area contributed by atoms with Gasteiger partial charge in [-0.25, -0.2) is 0 Å². The maximum atomic E-state index is 13.2. The largest absolute Gasteiger partial charge is 0.371 e. The van der Waals surface area contributed by atoms with Gasteiger partial charge < -0.3 is 4.90 Å². The SMILES string of the molecule is CCc1ccc(N2C(=O)/C(=C\c3ccc(N4CCCC4)c(C)c3)C(=O)NC2=S)cc1. The average molecular weight is 420 g/mol. The third kappa shape index (κ3) is 3.87. The molecule has 30 heavy (non-hydrogen) atoms. The molecule has 2 aliphatic heterocycles. The smallest absolute Gasteiger partial charge is 0.270 e. The molecule has 4 rings (SSSR count). The third-order valence-electron chi connectivity index (χ3n) is 5.68. The Hall–Kier alpha value is -2.99. The van der Waals surface area contributed by atoms with E-state index in [0.717, 1.165) is 30.6 Å². The van der Waals surface area contributed by atoms with Crippen LogP contribution >= 0.6 is 12.2 Å². The minimum absolute atomic E-state index is 0.0801. The van der Waals surface area contributed by atoms with Gasteiger partial charge in [0.2, 0.25) is 0 Å². The van der Waals surface area contributed by atoms with Crippen molar-refractivity contribution in [3.63, 3.8) is 0 Å². The second-order valence-electron chi connectivity index (χ2n) is 7.72. The molecule has 2 amide bonds. The van der Waals surface area contributed by atoms with Crippen LogP contribution in [0.1, 0.15) is 36.5 Å². The van der Waals surface area contributed by atoms with E-state index >= 15 is 0 Å². The predicted molar refractivity (Wildman–Crippen MR) is 125 cm³/mol. The van der Waals surface area contributed by atoms with E-state index in [-0.39, 0.29) is 10.7 Å². The molecule has 2 aromatic carbocycles. The Kier molecular flexibility index (Phi) is 5.68. The number of hydrogen-bond donors (Lipinski definition) is 1. The van der Waals surface area contributed by atoms with Crippen LogP contribution in [0.2, 0.25) is 0 Å². The lowest BCUT2D eigenvalue weighted by molar-refractivity contribution is -0.122. The number of amides is 2. The van der Waals surface area contributed by atoms with E-state index in [0.29, 0.717) is 5.69 Å². The molecule has 0 spiro atoms. The number of hydrogen-bond acceptors (Lipinski definition) is 4. The van der Waals surface area contributed by atoms with E-state index in [9.17, 15) is 9.59 Å². The highest BCUT2D eigenvalue weighted by Crippen LogP contribution is 2.27. The molecular weight excluding hydrogens is 394 g/mol. The summed E-state index contributed by atoms with van der Waals surface area (Å²) in [6, 6.07) is 13.7. The number of carbonyl (C=O) groups excluding carboxylic acids is 2. The van der Waals surface area contributed by atoms with Crippen LogP contribution in [-0.2, 0) is 16.0 Å². The number of carbonyl (C=O) groups is 2. The molecule has 0 atom stereocenters. The van der Waals surface area contributed by atoms with E-state index in [1.165, 1.54) is 29.0 Å². The Morgan fingerprint density at radius 3 is 2.40 bits per heavy atom. The van der Waals surface area contributed by atoms with Crippen molar-refractivity contribution in [2.24, 2.45) is 0 Å². The molecule has 0 unspecified atom stereocenters. The third-order valence-corrected chi connectivity index (χ3v) is 5.97. The Morgan fingerprint density at radius 1 is 1.07 bits per heavy atom. The first kappa shape index (κ1) is 20.3. The lowest BCUT2D eigenvalue weighted by atomic mass is 10.0. The molecule has 0 bridgehead atoms. The maximum Gasteiger partial charge on any atom is 0.270 e. The summed E-state index contributed by atoms with van der Waals surface area (Å²) in [5.41, 5.74) is 5.07. The lowest BCUT2D eigenvalue weighted by Gasteiger charge is -2.29. The van der Waals surface area contributed by atoms with Crippen molar-refractivity contribution in [3.8, 4) is 0 Å². The van der Waals surface area contributed by atoms with Gasteiger partial charge in [-0.1, -0.05) is 25.1 Å². The van der Waals surface area contributed by atoms with Gasteiger partial charge in [-0.15, -0.1) is 0 Å². The van der Waals surface area contributed by atoms with Gasteiger partial charge in [0.25, 0.3) is 11.8 Å². The molecule has 0 saturated carbocycles. The van der Waals surface area contributed by atoms with Gasteiger partial charge in [0.1, 0.15) is 5.57 Å². The van der Waals surface area contributed by atoms with Crippen LogP contribution in [0, 0.1) is 6.92 Å². The summed E-state index contributed by atoms with van der Waals surface area (Å²) in [6.45, 7) is 6.29. The van der Waals surface area contributed by atoms with Crippen LogP contribution < -0.4 is 15.1 Å². The van der Waals surface area contributed by atoms with Gasteiger partial charge in [0.05, 0.1) is 5.69 Å².